The van der Waals surface area contributed by atoms with E-state index < -0.39 is 0 Å². The zero-order valence-electron chi connectivity index (χ0n) is 12.5. The maximum atomic E-state index is 10.2. The second-order valence-corrected chi connectivity index (χ2v) is 6.41. The van der Waals surface area contributed by atoms with Gasteiger partial charge in [-0.05, 0) is 44.8 Å². The lowest BCUT2D eigenvalue weighted by Crippen LogP contribution is -2.62. The highest BCUT2D eigenvalue weighted by atomic mass is 16.5. The number of ether oxygens (including phenoxy) is 2. The van der Waals surface area contributed by atoms with Crippen molar-refractivity contribution >= 4 is 0 Å². The van der Waals surface area contributed by atoms with Gasteiger partial charge in [-0.25, -0.2) is 0 Å². The number of aliphatic hydroxyl groups is 1. The van der Waals surface area contributed by atoms with Crippen molar-refractivity contribution in [3.8, 4) is 0 Å². The maximum absolute atomic E-state index is 10.2. The summed E-state index contributed by atoms with van der Waals surface area (Å²) >= 11 is 0. The van der Waals surface area contributed by atoms with Crippen molar-refractivity contribution in [3.63, 3.8) is 0 Å². The molecule has 114 valence electrons. The van der Waals surface area contributed by atoms with E-state index in [-0.39, 0.29) is 17.6 Å². The smallest absolute Gasteiger partial charge is 0.0689 e. The van der Waals surface area contributed by atoms with E-state index in [9.17, 15) is 5.11 Å². The molecule has 3 aliphatic rings. The molecule has 0 aromatic rings. The minimum atomic E-state index is -0.154. The molecule has 0 bridgehead atoms. The molecule has 2 atom stereocenters. The summed E-state index contributed by atoms with van der Waals surface area (Å²) < 4.78 is 11.3. The Morgan fingerprint density at radius 2 is 2.25 bits per heavy atom. The van der Waals surface area contributed by atoms with Crippen molar-refractivity contribution < 1.29 is 14.6 Å². The molecule has 4 heteroatoms. The van der Waals surface area contributed by atoms with Gasteiger partial charge >= 0.3 is 0 Å². The first kappa shape index (κ1) is 14.5. The van der Waals surface area contributed by atoms with Gasteiger partial charge in [0.05, 0.1) is 25.4 Å². The summed E-state index contributed by atoms with van der Waals surface area (Å²) in [5.41, 5.74) is 1.46. The molecule has 1 saturated carbocycles. The molecular weight excluding hydrogens is 254 g/mol. The Morgan fingerprint density at radius 1 is 1.45 bits per heavy atom. The normalized spacial score (nSPS) is 33.8. The van der Waals surface area contributed by atoms with Crippen molar-refractivity contribution in [1.82, 2.24) is 4.90 Å². The molecule has 3 rings (SSSR count). The van der Waals surface area contributed by atoms with Gasteiger partial charge in [0, 0.05) is 25.0 Å². The van der Waals surface area contributed by atoms with Crippen LogP contribution in [0.15, 0.2) is 11.6 Å². The van der Waals surface area contributed by atoms with Crippen molar-refractivity contribution in [2.45, 2.75) is 44.8 Å². The first-order chi connectivity index (χ1) is 9.74. The van der Waals surface area contributed by atoms with Gasteiger partial charge in [-0.1, -0.05) is 6.08 Å². The van der Waals surface area contributed by atoms with Crippen molar-refractivity contribution in [3.05, 3.63) is 11.6 Å². The van der Waals surface area contributed by atoms with Gasteiger partial charge in [-0.3, -0.25) is 4.90 Å². The monoisotopic (exact) mass is 281 g/mol. The van der Waals surface area contributed by atoms with Crippen LogP contribution in [0, 0.1) is 5.41 Å². The molecule has 20 heavy (non-hydrogen) atoms. The third-order valence-electron chi connectivity index (χ3n) is 5.31. The predicted octanol–water partition coefficient (Wildman–Crippen LogP) is 1.58. The van der Waals surface area contributed by atoms with Crippen LogP contribution in [0.1, 0.15) is 32.6 Å². The number of piperidine rings is 1. The highest BCUT2D eigenvalue weighted by Gasteiger charge is 2.55. The van der Waals surface area contributed by atoms with Crippen LogP contribution in [0.4, 0.5) is 0 Å². The molecule has 1 spiro atoms. The van der Waals surface area contributed by atoms with Crippen LogP contribution < -0.4 is 0 Å². The summed E-state index contributed by atoms with van der Waals surface area (Å²) in [7, 11) is 0. The van der Waals surface area contributed by atoms with Gasteiger partial charge in [-0.2, -0.15) is 0 Å². The standard InChI is InChI=1S/C16H27NO3/c1-2-20-15-10-14(18)16(15)5-7-17(8-6-16)11-13-4-3-9-19-12-13/h4,14-15,18H,2-3,5-12H2,1H3. The topological polar surface area (TPSA) is 41.9 Å². The van der Waals surface area contributed by atoms with E-state index in [0.29, 0.717) is 0 Å². The van der Waals surface area contributed by atoms with Crippen LogP contribution in [0.3, 0.4) is 0 Å². The zero-order valence-corrected chi connectivity index (χ0v) is 12.5. The van der Waals surface area contributed by atoms with Crippen LogP contribution in [-0.2, 0) is 9.47 Å². The number of likely N-dealkylation sites (tertiary alicyclic amines) is 1. The van der Waals surface area contributed by atoms with E-state index in [1.165, 1.54) is 5.57 Å². The maximum Gasteiger partial charge on any atom is 0.0689 e. The second kappa shape index (κ2) is 6.14. The van der Waals surface area contributed by atoms with Crippen molar-refractivity contribution in [2.24, 2.45) is 5.41 Å². The van der Waals surface area contributed by atoms with Crippen LogP contribution in [0.25, 0.3) is 0 Å². The lowest BCUT2D eigenvalue weighted by Gasteiger charge is -2.56. The Kier molecular flexibility index (Phi) is 4.46. The van der Waals surface area contributed by atoms with E-state index >= 15 is 0 Å². The molecule has 0 amide bonds. The SMILES string of the molecule is CCOC1CC(O)C12CCN(CC1=CCCOC1)CC2. The van der Waals surface area contributed by atoms with Gasteiger partial charge in [-0.15, -0.1) is 0 Å². The van der Waals surface area contributed by atoms with E-state index in [4.69, 9.17) is 9.47 Å². The largest absolute Gasteiger partial charge is 0.392 e. The molecule has 1 aliphatic carbocycles. The molecular formula is C16H27NO3. The molecule has 0 aromatic carbocycles. The van der Waals surface area contributed by atoms with Crippen molar-refractivity contribution in [1.29, 1.82) is 0 Å². The van der Waals surface area contributed by atoms with E-state index in [1.54, 1.807) is 0 Å². The quantitative estimate of drug-likeness (QED) is 0.795. The van der Waals surface area contributed by atoms with Gasteiger partial charge < -0.3 is 14.6 Å². The summed E-state index contributed by atoms with van der Waals surface area (Å²) in [5, 5.41) is 10.2. The fourth-order valence-corrected chi connectivity index (χ4v) is 3.95. The molecule has 1 N–H and O–H groups in total. The lowest BCUT2D eigenvalue weighted by atomic mass is 9.58. The minimum Gasteiger partial charge on any atom is -0.392 e. The number of hydrogen-bond acceptors (Lipinski definition) is 4. The highest BCUT2D eigenvalue weighted by Crippen LogP contribution is 2.50. The Morgan fingerprint density at radius 3 is 2.85 bits per heavy atom. The van der Waals surface area contributed by atoms with Crippen LogP contribution >= 0.6 is 0 Å². The van der Waals surface area contributed by atoms with Crippen LogP contribution in [0.2, 0.25) is 0 Å². The Balaban J connectivity index is 1.52. The third-order valence-corrected chi connectivity index (χ3v) is 5.31. The average molecular weight is 281 g/mol. The fourth-order valence-electron chi connectivity index (χ4n) is 3.95. The molecule has 2 unspecified atom stereocenters. The lowest BCUT2D eigenvalue weighted by molar-refractivity contribution is -0.209. The predicted molar refractivity (Wildman–Crippen MR) is 77.7 cm³/mol. The Hall–Kier alpha value is -0.420. The summed E-state index contributed by atoms with van der Waals surface area (Å²) in [6, 6.07) is 0. The Bertz CT molecular complexity index is 359. The van der Waals surface area contributed by atoms with E-state index in [0.717, 1.165) is 65.1 Å². The third kappa shape index (κ3) is 2.67. The van der Waals surface area contributed by atoms with Gasteiger partial charge in [0.1, 0.15) is 0 Å². The molecule has 4 nitrogen and oxygen atoms in total. The van der Waals surface area contributed by atoms with Gasteiger partial charge in [0.25, 0.3) is 0 Å². The molecule has 2 heterocycles. The molecule has 2 aliphatic heterocycles. The minimum absolute atomic E-state index is 0.0456. The number of rotatable bonds is 4. The molecule has 0 radical (unpaired) electrons. The molecule has 0 aromatic heterocycles. The second-order valence-electron chi connectivity index (χ2n) is 6.41. The average Bonchev–Trinajstić information content (AvgIpc) is 2.49. The molecule has 2 fully saturated rings. The first-order valence-corrected chi connectivity index (χ1v) is 8.02. The van der Waals surface area contributed by atoms with Crippen molar-refractivity contribution in [2.75, 3.05) is 39.5 Å². The van der Waals surface area contributed by atoms with E-state index in [2.05, 4.69) is 11.0 Å². The number of hydrogen-bond donors (Lipinski definition) is 1. The summed E-state index contributed by atoms with van der Waals surface area (Å²) in [6.45, 7) is 7.64. The summed E-state index contributed by atoms with van der Waals surface area (Å²) in [5.74, 6) is 0. The molecule has 1 saturated heterocycles. The Labute approximate surface area is 121 Å². The van der Waals surface area contributed by atoms with E-state index in [1.807, 2.05) is 6.92 Å². The number of nitrogens with zero attached hydrogens (tertiary/aromatic N) is 1. The summed E-state index contributed by atoms with van der Waals surface area (Å²) in [6.07, 6.45) is 6.46. The van der Waals surface area contributed by atoms with Crippen LogP contribution in [0.5, 0.6) is 0 Å². The fraction of sp³-hybridized carbons (Fsp3) is 0.875. The van der Waals surface area contributed by atoms with Crippen LogP contribution in [-0.4, -0.2) is 61.7 Å². The van der Waals surface area contributed by atoms with Gasteiger partial charge in [0.15, 0.2) is 0 Å². The summed E-state index contributed by atoms with van der Waals surface area (Å²) in [4.78, 5) is 2.50. The zero-order chi connectivity index (χ0) is 14.0. The van der Waals surface area contributed by atoms with Gasteiger partial charge in [0.2, 0.25) is 0 Å². The highest BCUT2D eigenvalue weighted by molar-refractivity contribution is 5.10. The number of aliphatic hydroxyl groups excluding tert-OH is 1. The first-order valence-electron chi connectivity index (χ1n) is 8.02.